The lowest BCUT2D eigenvalue weighted by Crippen LogP contribution is -2.35. The molecule has 8 heteroatoms. The highest BCUT2D eigenvalue weighted by molar-refractivity contribution is 5.77. The van der Waals surface area contributed by atoms with E-state index in [0.717, 1.165) is 10.1 Å². The Hall–Kier alpha value is -2.35. The molecule has 0 aromatic carbocycles. The summed E-state index contributed by atoms with van der Waals surface area (Å²) in [6.07, 6.45) is 5.86. The number of nitrogens with one attached hydrogen (secondary N) is 1. The Morgan fingerprint density at radius 3 is 2.95 bits per heavy atom. The average molecular weight is 309 g/mol. The molecule has 2 aromatic rings. The van der Waals surface area contributed by atoms with Crippen molar-refractivity contribution in [3.8, 4) is 0 Å². The van der Waals surface area contributed by atoms with Gasteiger partial charge in [0, 0.05) is 31.3 Å². The van der Waals surface area contributed by atoms with E-state index in [1.807, 2.05) is 6.07 Å². The van der Waals surface area contributed by atoms with Gasteiger partial charge in [0.15, 0.2) is 0 Å². The Morgan fingerprint density at radius 2 is 2.27 bits per heavy atom. The number of imidazole rings is 1. The molecule has 1 amide bonds. The van der Waals surface area contributed by atoms with E-state index in [-0.39, 0.29) is 24.8 Å². The Balaban J connectivity index is 1.80. The standard InChI is InChI=1S/C14H17F2N5O/c1-20(9-12-18-5-6-21(12)14(15)16)10-13(22)19-8-11-3-2-4-17-7-11/h2-7,14H,8-10H2,1H3,(H,19,22). The number of rotatable bonds is 7. The van der Waals surface area contributed by atoms with Crippen LogP contribution in [0.25, 0.3) is 0 Å². The molecule has 2 rings (SSSR count). The first-order valence-corrected chi connectivity index (χ1v) is 6.70. The van der Waals surface area contributed by atoms with Crippen LogP contribution < -0.4 is 5.32 Å². The molecule has 0 aliphatic carbocycles. The minimum Gasteiger partial charge on any atom is -0.351 e. The van der Waals surface area contributed by atoms with Gasteiger partial charge in [0.2, 0.25) is 5.91 Å². The molecule has 0 fully saturated rings. The predicted molar refractivity (Wildman–Crippen MR) is 75.9 cm³/mol. The number of halogens is 2. The van der Waals surface area contributed by atoms with Gasteiger partial charge < -0.3 is 5.32 Å². The molecule has 0 aliphatic heterocycles. The Labute approximate surface area is 126 Å². The zero-order valence-electron chi connectivity index (χ0n) is 12.1. The molecular formula is C14H17F2N5O. The summed E-state index contributed by atoms with van der Waals surface area (Å²) < 4.78 is 26.2. The van der Waals surface area contributed by atoms with Crippen LogP contribution >= 0.6 is 0 Å². The lowest BCUT2D eigenvalue weighted by atomic mass is 10.3. The van der Waals surface area contributed by atoms with Gasteiger partial charge in [0.1, 0.15) is 5.82 Å². The van der Waals surface area contributed by atoms with Crippen LogP contribution in [-0.4, -0.2) is 38.9 Å². The summed E-state index contributed by atoms with van der Waals surface area (Å²) in [6, 6.07) is 3.65. The molecule has 118 valence electrons. The average Bonchev–Trinajstić information content (AvgIpc) is 2.94. The normalized spacial score (nSPS) is 11.1. The van der Waals surface area contributed by atoms with Crippen LogP contribution in [0, 0.1) is 0 Å². The Morgan fingerprint density at radius 1 is 1.45 bits per heavy atom. The van der Waals surface area contributed by atoms with Crippen molar-refractivity contribution in [2.24, 2.45) is 0 Å². The van der Waals surface area contributed by atoms with Gasteiger partial charge in [0.25, 0.3) is 0 Å². The third-order valence-electron chi connectivity index (χ3n) is 3.00. The largest absolute Gasteiger partial charge is 0.351 e. The number of carbonyl (C=O) groups is 1. The molecule has 2 heterocycles. The van der Waals surface area contributed by atoms with Crippen molar-refractivity contribution in [2.75, 3.05) is 13.6 Å². The van der Waals surface area contributed by atoms with Crippen molar-refractivity contribution in [1.29, 1.82) is 0 Å². The minimum absolute atomic E-state index is 0.0936. The fourth-order valence-corrected chi connectivity index (χ4v) is 1.95. The number of hydrogen-bond donors (Lipinski definition) is 1. The Kier molecular flexibility index (Phi) is 5.54. The highest BCUT2D eigenvalue weighted by Crippen LogP contribution is 2.13. The van der Waals surface area contributed by atoms with E-state index in [1.165, 1.54) is 12.4 Å². The van der Waals surface area contributed by atoms with Crippen LogP contribution in [-0.2, 0) is 17.9 Å². The van der Waals surface area contributed by atoms with Gasteiger partial charge >= 0.3 is 6.55 Å². The summed E-state index contributed by atoms with van der Waals surface area (Å²) in [5.41, 5.74) is 0.895. The minimum atomic E-state index is -2.63. The molecule has 22 heavy (non-hydrogen) atoms. The second-order valence-corrected chi connectivity index (χ2v) is 4.84. The topological polar surface area (TPSA) is 63.1 Å². The first-order valence-electron chi connectivity index (χ1n) is 6.70. The fourth-order valence-electron chi connectivity index (χ4n) is 1.95. The van der Waals surface area contributed by atoms with Crippen LogP contribution in [0.1, 0.15) is 17.9 Å². The number of likely N-dealkylation sites (N-methyl/N-ethyl adjacent to an activating group) is 1. The maximum absolute atomic E-state index is 12.7. The van der Waals surface area contributed by atoms with Crippen molar-refractivity contribution >= 4 is 5.91 Å². The lowest BCUT2D eigenvalue weighted by Gasteiger charge is -2.16. The molecule has 0 atom stereocenters. The van der Waals surface area contributed by atoms with E-state index in [1.54, 1.807) is 30.4 Å². The molecule has 0 saturated carbocycles. The van der Waals surface area contributed by atoms with Gasteiger partial charge in [-0.2, -0.15) is 8.78 Å². The van der Waals surface area contributed by atoms with Crippen LogP contribution in [0.3, 0.4) is 0 Å². The molecule has 2 aromatic heterocycles. The maximum Gasteiger partial charge on any atom is 0.319 e. The third-order valence-corrected chi connectivity index (χ3v) is 3.00. The SMILES string of the molecule is CN(CC(=O)NCc1cccnc1)Cc1nccn1C(F)F. The van der Waals surface area contributed by atoms with Crippen molar-refractivity contribution in [1.82, 2.24) is 24.8 Å². The zero-order valence-corrected chi connectivity index (χ0v) is 12.1. The molecular weight excluding hydrogens is 292 g/mol. The van der Waals surface area contributed by atoms with E-state index in [9.17, 15) is 13.6 Å². The molecule has 1 N–H and O–H groups in total. The number of pyridine rings is 1. The van der Waals surface area contributed by atoms with E-state index in [2.05, 4.69) is 15.3 Å². The lowest BCUT2D eigenvalue weighted by molar-refractivity contribution is -0.122. The monoisotopic (exact) mass is 309 g/mol. The van der Waals surface area contributed by atoms with Gasteiger partial charge in [-0.3, -0.25) is 19.2 Å². The maximum atomic E-state index is 12.7. The summed E-state index contributed by atoms with van der Waals surface area (Å²) in [5.74, 6) is 0.0269. The third kappa shape index (κ3) is 4.59. The molecule has 0 unspecified atom stereocenters. The predicted octanol–water partition coefficient (Wildman–Crippen LogP) is 1.42. The number of hydrogen-bond acceptors (Lipinski definition) is 4. The number of aromatic nitrogens is 3. The fraction of sp³-hybridized carbons (Fsp3) is 0.357. The first-order chi connectivity index (χ1) is 10.6. The number of nitrogens with zero attached hydrogens (tertiary/aromatic N) is 4. The van der Waals surface area contributed by atoms with Gasteiger partial charge in [-0.05, 0) is 18.7 Å². The van der Waals surface area contributed by atoms with Gasteiger partial charge in [0.05, 0.1) is 13.1 Å². The smallest absolute Gasteiger partial charge is 0.319 e. The van der Waals surface area contributed by atoms with E-state index < -0.39 is 6.55 Å². The summed E-state index contributed by atoms with van der Waals surface area (Å²) >= 11 is 0. The second-order valence-electron chi connectivity index (χ2n) is 4.84. The Bertz CT molecular complexity index is 602. The number of amides is 1. The van der Waals surface area contributed by atoms with Gasteiger partial charge in [-0.25, -0.2) is 4.98 Å². The van der Waals surface area contributed by atoms with E-state index in [4.69, 9.17) is 0 Å². The van der Waals surface area contributed by atoms with Crippen LogP contribution in [0.4, 0.5) is 8.78 Å². The van der Waals surface area contributed by atoms with Crippen molar-refractivity contribution in [3.05, 3.63) is 48.3 Å². The summed E-state index contributed by atoms with van der Waals surface area (Å²) in [7, 11) is 1.67. The highest BCUT2D eigenvalue weighted by atomic mass is 19.3. The van der Waals surface area contributed by atoms with Crippen LogP contribution in [0.2, 0.25) is 0 Å². The molecule has 0 bridgehead atoms. The first kappa shape index (κ1) is 16.0. The molecule has 0 saturated heterocycles. The quantitative estimate of drug-likeness (QED) is 0.840. The summed E-state index contributed by atoms with van der Waals surface area (Å²) in [5, 5.41) is 2.75. The van der Waals surface area contributed by atoms with E-state index in [0.29, 0.717) is 6.54 Å². The summed E-state index contributed by atoms with van der Waals surface area (Å²) in [4.78, 5) is 21.3. The van der Waals surface area contributed by atoms with Gasteiger partial charge in [-0.1, -0.05) is 6.07 Å². The zero-order chi connectivity index (χ0) is 15.9. The van der Waals surface area contributed by atoms with Crippen molar-refractivity contribution in [3.63, 3.8) is 0 Å². The molecule has 0 aliphatic rings. The van der Waals surface area contributed by atoms with Crippen LogP contribution in [0.15, 0.2) is 36.9 Å². The van der Waals surface area contributed by atoms with Crippen molar-refractivity contribution in [2.45, 2.75) is 19.6 Å². The molecule has 0 spiro atoms. The second kappa shape index (κ2) is 7.60. The summed E-state index contributed by atoms with van der Waals surface area (Å²) in [6.45, 7) is -1.99. The van der Waals surface area contributed by atoms with Crippen LogP contribution in [0.5, 0.6) is 0 Å². The molecule has 6 nitrogen and oxygen atoms in total. The van der Waals surface area contributed by atoms with E-state index >= 15 is 0 Å². The number of alkyl halides is 2. The number of carbonyl (C=O) groups excluding carboxylic acids is 1. The molecule has 0 radical (unpaired) electrons. The van der Waals surface area contributed by atoms with Crippen molar-refractivity contribution < 1.29 is 13.6 Å². The van der Waals surface area contributed by atoms with Gasteiger partial charge in [-0.15, -0.1) is 0 Å². The highest BCUT2D eigenvalue weighted by Gasteiger charge is 2.14.